The van der Waals surface area contributed by atoms with E-state index in [0.29, 0.717) is 10.8 Å². The number of hydrogen-bond donors (Lipinski definition) is 1. The van der Waals surface area contributed by atoms with Crippen LogP contribution in [-0.2, 0) is 0 Å². The van der Waals surface area contributed by atoms with Gasteiger partial charge in [-0.15, -0.1) is 0 Å². The maximum absolute atomic E-state index is 8.51. The topological polar surface area (TPSA) is 23.5 Å². The van der Waals surface area contributed by atoms with Crippen molar-refractivity contribution >= 4 is 0 Å². The van der Waals surface area contributed by atoms with Gasteiger partial charge in [0.1, 0.15) is 6.61 Å². The number of nitrogens with zero attached hydrogens (tertiary/aromatic N) is 1. The molecule has 0 bridgehead atoms. The third kappa shape index (κ3) is 1.37. The predicted molar refractivity (Wildman–Crippen MR) is 52.1 cm³/mol. The van der Waals surface area contributed by atoms with Crippen molar-refractivity contribution in [3.05, 3.63) is 0 Å². The minimum atomic E-state index is -0.0115. The minimum absolute atomic E-state index is 0.0115. The van der Waals surface area contributed by atoms with Crippen molar-refractivity contribution in [2.75, 3.05) is 26.2 Å². The van der Waals surface area contributed by atoms with Crippen LogP contribution in [-0.4, -0.2) is 36.2 Å². The van der Waals surface area contributed by atoms with E-state index < -0.39 is 0 Å². The van der Waals surface area contributed by atoms with Gasteiger partial charge < -0.3 is 5.11 Å². The van der Waals surface area contributed by atoms with Gasteiger partial charge in [0.05, 0.1) is 6.54 Å². The number of rotatable bonds is 1. The Morgan fingerprint density at radius 3 is 2.38 bits per heavy atom. The quantitative estimate of drug-likeness (QED) is 0.599. The summed E-state index contributed by atoms with van der Waals surface area (Å²) in [7, 11) is 0. The van der Waals surface area contributed by atoms with E-state index in [1.54, 1.807) is 0 Å². The smallest absolute Gasteiger partial charge is 0.104 e. The fraction of sp³-hybridized carbons (Fsp3) is 0.818. The van der Waals surface area contributed by atoms with Crippen LogP contribution in [0, 0.1) is 22.7 Å². The molecule has 0 radical (unpaired) electrons. The highest BCUT2D eigenvalue weighted by atomic mass is 16.2. The molecule has 2 aliphatic rings. The summed E-state index contributed by atoms with van der Waals surface area (Å²) in [6.45, 7) is 7.92. The van der Waals surface area contributed by atoms with Gasteiger partial charge in [-0.05, 0) is 17.3 Å². The van der Waals surface area contributed by atoms with Crippen molar-refractivity contribution in [1.29, 1.82) is 0 Å². The van der Waals surface area contributed by atoms with Gasteiger partial charge in [-0.1, -0.05) is 25.7 Å². The van der Waals surface area contributed by atoms with Gasteiger partial charge in [0.15, 0.2) is 0 Å². The van der Waals surface area contributed by atoms with Crippen LogP contribution < -0.4 is 0 Å². The maximum atomic E-state index is 8.51. The zero-order valence-corrected chi connectivity index (χ0v) is 8.43. The van der Waals surface area contributed by atoms with Crippen LogP contribution in [0.5, 0.6) is 0 Å². The minimum Gasteiger partial charge on any atom is -0.384 e. The lowest BCUT2D eigenvalue weighted by molar-refractivity contribution is 0.309. The highest BCUT2D eigenvalue weighted by molar-refractivity contribution is 5.18. The first-order chi connectivity index (χ1) is 6.10. The summed E-state index contributed by atoms with van der Waals surface area (Å²) in [5, 5.41) is 8.51. The second-order valence-corrected chi connectivity index (χ2v) is 4.95. The molecule has 1 aliphatic heterocycles. The van der Waals surface area contributed by atoms with Gasteiger partial charge in [0, 0.05) is 13.1 Å². The molecule has 2 atom stereocenters. The molecule has 0 aromatic carbocycles. The highest BCUT2D eigenvalue weighted by Gasteiger charge is 2.65. The second kappa shape index (κ2) is 2.73. The molecule has 13 heavy (non-hydrogen) atoms. The Kier molecular flexibility index (Phi) is 1.90. The fourth-order valence-electron chi connectivity index (χ4n) is 2.69. The first-order valence-electron chi connectivity index (χ1n) is 4.89. The summed E-state index contributed by atoms with van der Waals surface area (Å²) in [5.74, 6) is 5.67. The van der Waals surface area contributed by atoms with E-state index in [1.165, 1.54) is 19.5 Å². The molecule has 0 spiro atoms. The first kappa shape index (κ1) is 9.05. The zero-order chi connectivity index (χ0) is 9.53. The second-order valence-electron chi connectivity index (χ2n) is 4.95. The molecule has 2 nitrogen and oxygen atoms in total. The molecule has 1 saturated carbocycles. The van der Waals surface area contributed by atoms with Gasteiger partial charge in [0.25, 0.3) is 0 Å². The molecule has 72 valence electrons. The van der Waals surface area contributed by atoms with E-state index in [4.69, 9.17) is 5.11 Å². The first-order valence-corrected chi connectivity index (χ1v) is 4.89. The number of hydrogen-bond acceptors (Lipinski definition) is 2. The van der Waals surface area contributed by atoms with Crippen LogP contribution >= 0.6 is 0 Å². The lowest BCUT2D eigenvalue weighted by Gasteiger charge is -2.15. The third-order valence-corrected chi connectivity index (χ3v) is 3.76. The SMILES string of the molecule is CC12CN(CC#CCO)CC1(C)C2. The molecule has 1 N–H and O–H groups in total. The number of aliphatic hydroxyl groups is 1. The van der Waals surface area contributed by atoms with E-state index in [-0.39, 0.29) is 6.61 Å². The van der Waals surface area contributed by atoms with E-state index >= 15 is 0 Å². The predicted octanol–water partition coefficient (Wildman–Crippen LogP) is 0.714. The maximum Gasteiger partial charge on any atom is 0.104 e. The van der Waals surface area contributed by atoms with Gasteiger partial charge in [-0.25, -0.2) is 0 Å². The van der Waals surface area contributed by atoms with E-state index in [1.807, 2.05) is 0 Å². The van der Waals surface area contributed by atoms with Crippen LogP contribution in [0.15, 0.2) is 0 Å². The Balaban J connectivity index is 1.87. The summed E-state index contributed by atoms with van der Waals surface area (Å²) >= 11 is 0. The molecule has 0 aromatic heterocycles. The molecule has 1 saturated heterocycles. The van der Waals surface area contributed by atoms with E-state index in [2.05, 4.69) is 30.6 Å². The van der Waals surface area contributed by atoms with Gasteiger partial charge in [0.2, 0.25) is 0 Å². The van der Waals surface area contributed by atoms with Gasteiger partial charge in [-0.2, -0.15) is 0 Å². The van der Waals surface area contributed by atoms with Gasteiger partial charge >= 0.3 is 0 Å². The Morgan fingerprint density at radius 1 is 1.23 bits per heavy atom. The molecule has 2 rings (SSSR count). The molecule has 2 unspecified atom stereocenters. The average Bonchev–Trinajstić information content (AvgIpc) is 2.43. The normalized spacial score (nSPS) is 42.4. The molecule has 1 heterocycles. The highest BCUT2D eigenvalue weighted by Crippen LogP contribution is 2.67. The molecule has 0 amide bonds. The third-order valence-electron chi connectivity index (χ3n) is 3.76. The van der Waals surface area contributed by atoms with E-state index in [0.717, 1.165) is 6.54 Å². The Bertz CT molecular complexity index is 262. The Morgan fingerprint density at radius 2 is 1.85 bits per heavy atom. The number of aliphatic hydroxyl groups excluding tert-OH is 1. The fourth-order valence-corrected chi connectivity index (χ4v) is 2.69. The number of likely N-dealkylation sites (tertiary alicyclic amines) is 1. The van der Waals surface area contributed by atoms with Crippen LogP contribution in [0.4, 0.5) is 0 Å². The molecule has 0 aromatic rings. The largest absolute Gasteiger partial charge is 0.384 e. The molecule has 2 heteroatoms. The van der Waals surface area contributed by atoms with Crippen LogP contribution in [0.25, 0.3) is 0 Å². The summed E-state index contributed by atoms with van der Waals surface area (Å²) < 4.78 is 0. The van der Waals surface area contributed by atoms with Crippen molar-refractivity contribution in [3.8, 4) is 11.8 Å². The lowest BCUT2D eigenvalue weighted by Crippen LogP contribution is -2.25. The number of piperidine rings is 1. The molecular formula is C11H17NO. The Labute approximate surface area is 79.9 Å². The average molecular weight is 179 g/mol. The van der Waals surface area contributed by atoms with Crippen LogP contribution in [0.1, 0.15) is 20.3 Å². The lowest BCUT2D eigenvalue weighted by atomic mass is 10.0. The summed E-state index contributed by atoms with van der Waals surface area (Å²) in [4.78, 5) is 2.40. The van der Waals surface area contributed by atoms with Crippen molar-refractivity contribution < 1.29 is 5.11 Å². The number of fused-ring (bicyclic) bond motifs is 1. The zero-order valence-electron chi connectivity index (χ0n) is 8.43. The monoisotopic (exact) mass is 179 g/mol. The molecule has 1 aliphatic carbocycles. The molecular weight excluding hydrogens is 162 g/mol. The van der Waals surface area contributed by atoms with Gasteiger partial charge in [-0.3, -0.25) is 4.90 Å². The van der Waals surface area contributed by atoms with Crippen molar-refractivity contribution in [1.82, 2.24) is 4.90 Å². The van der Waals surface area contributed by atoms with E-state index in [9.17, 15) is 0 Å². The summed E-state index contributed by atoms with van der Waals surface area (Å²) in [6, 6.07) is 0. The van der Waals surface area contributed by atoms with Crippen molar-refractivity contribution in [2.45, 2.75) is 20.3 Å². The summed E-state index contributed by atoms with van der Waals surface area (Å²) in [6.07, 6.45) is 1.38. The Hall–Kier alpha value is -0.520. The standard InChI is InChI=1S/C11H17NO/c1-10-7-11(10,2)9-12(8-10)5-3-4-6-13/h13H,5-9H2,1-2H3. The van der Waals surface area contributed by atoms with Crippen molar-refractivity contribution in [3.63, 3.8) is 0 Å². The summed E-state index contributed by atoms with van der Waals surface area (Å²) in [5.41, 5.74) is 1.13. The van der Waals surface area contributed by atoms with Crippen LogP contribution in [0.2, 0.25) is 0 Å². The van der Waals surface area contributed by atoms with Crippen LogP contribution in [0.3, 0.4) is 0 Å². The van der Waals surface area contributed by atoms with Crippen molar-refractivity contribution in [2.24, 2.45) is 10.8 Å². The molecule has 2 fully saturated rings.